The van der Waals surface area contributed by atoms with E-state index in [1.54, 1.807) is 18.2 Å². The lowest BCUT2D eigenvalue weighted by molar-refractivity contribution is 0.102. The van der Waals surface area contributed by atoms with Gasteiger partial charge in [-0.25, -0.2) is 0 Å². The van der Waals surface area contributed by atoms with Crippen molar-refractivity contribution in [3.8, 4) is 5.75 Å². The van der Waals surface area contributed by atoms with Crippen LogP contribution in [0, 0.1) is 0 Å². The summed E-state index contributed by atoms with van der Waals surface area (Å²) < 4.78 is 5.12. The summed E-state index contributed by atoms with van der Waals surface area (Å²) in [6, 6.07) is 12.8. The van der Waals surface area contributed by atoms with E-state index >= 15 is 0 Å². The van der Waals surface area contributed by atoms with E-state index in [1.807, 2.05) is 24.3 Å². The highest BCUT2D eigenvalue weighted by Crippen LogP contribution is 2.23. The standard InChI is InChI=1S/C16H18N2O2/c1-3-11-5-4-6-13(9-11)18-16(19)12-7-8-14(17)15(10-12)20-2/h4-10H,3,17H2,1-2H3,(H,18,19). The number of carbonyl (C=O) groups is 1. The number of hydrogen-bond acceptors (Lipinski definition) is 3. The number of carbonyl (C=O) groups excluding carboxylic acids is 1. The molecule has 1 amide bonds. The fourth-order valence-corrected chi connectivity index (χ4v) is 1.92. The molecule has 0 saturated carbocycles. The van der Waals surface area contributed by atoms with Gasteiger partial charge in [-0.2, -0.15) is 0 Å². The number of rotatable bonds is 4. The van der Waals surface area contributed by atoms with Gasteiger partial charge in [-0.15, -0.1) is 0 Å². The Balaban J connectivity index is 2.19. The molecule has 2 aromatic carbocycles. The predicted octanol–water partition coefficient (Wildman–Crippen LogP) is 3.09. The van der Waals surface area contributed by atoms with E-state index in [0.29, 0.717) is 17.0 Å². The first kappa shape index (κ1) is 13.9. The summed E-state index contributed by atoms with van der Waals surface area (Å²) in [6.45, 7) is 2.08. The Hall–Kier alpha value is -2.49. The third-order valence-electron chi connectivity index (χ3n) is 3.09. The van der Waals surface area contributed by atoms with Crippen LogP contribution in [0.3, 0.4) is 0 Å². The summed E-state index contributed by atoms with van der Waals surface area (Å²) >= 11 is 0. The minimum absolute atomic E-state index is 0.184. The predicted molar refractivity (Wildman–Crippen MR) is 81.2 cm³/mol. The van der Waals surface area contributed by atoms with Crippen molar-refractivity contribution >= 4 is 17.3 Å². The van der Waals surface area contributed by atoms with Crippen LogP contribution < -0.4 is 15.8 Å². The molecule has 0 radical (unpaired) electrons. The Morgan fingerprint density at radius 2 is 2.05 bits per heavy atom. The van der Waals surface area contributed by atoms with Crippen molar-refractivity contribution in [2.24, 2.45) is 0 Å². The Morgan fingerprint density at radius 3 is 2.75 bits per heavy atom. The van der Waals surface area contributed by atoms with Gasteiger partial charge in [0.05, 0.1) is 12.8 Å². The van der Waals surface area contributed by atoms with Gasteiger partial charge in [0, 0.05) is 11.3 Å². The summed E-state index contributed by atoms with van der Waals surface area (Å²) in [6.07, 6.45) is 0.930. The number of amides is 1. The zero-order chi connectivity index (χ0) is 14.5. The van der Waals surface area contributed by atoms with Crippen LogP contribution >= 0.6 is 0 Å². The van der Waals surface area contributed by atoms with E-state index in [1.165, 1.54) is 12.7 Å². The fourth-order valence-electron chi connectivity index (χ4n) is 1.92. The highest BCUT2D eigenvalue weighted by molar-refractivity contribution is 6.04. The molecule has 2 rings (SSSR count). The molecule has 0 aliphatic carbocycles. The molecule has 0 saturated heterocycles. The average molecular weight is 270 g/mol. The number of nitrogens with two attached hydrogens (primary N) is 1. The number of nitrogens with one attached hydrogen (secondary N) is 1. The maximum Gasteiger partial charge on any atom is 0.255 e. The number of ether oxygens (including phenoxy) is 1. The molecular weight excluding hydrogens is 252 g/mol. The third kappa shape index (κ3) is 3.09. The van der Waals surface area contributed by atoms with E-state index in [4.69, 9.17) is 10.5 Å². The van der Waals surface area contributed by atoms with Gasteiger partial charge in [-0.05, 0) is 42.3 Å². The first-order valence-electron chi connectivity index (χ1n) is 6.48. The molecule has 0 fully saturated rings. The maximum absolute atomic E-state index is 12.2. The second-order valence-electron chi connectivity index (χ2n) is 4.46. The summed E-state index contributed by atoms with van der Waals surface area (Å²) in [7, 11) is 1.53. The van der Waals surface area contributed by atoms with Crippen molar-refractivity contribution in [3.05, 3.63) is 53.6 Å². The minimum atomic E-state index is -0.184. The molecule has 4 heteroatoms. The van der Waals surface area contributed by atoms with Crippen LogP contribution in [0.25, 0.3) is 0 Å². The smallest absolute Gasteiger partial charge is 0.255 e. The molecule has 0 unspecified atom stereocenters. The molecule has 3 N–H and O–H groups in total. The molecule has 0 aliphatic rings. The summed E-state index contributed by atoms with van der Waals surface area (Å²) in [5.41, 5.74) is 8.72. The maximum atomic E-state index is 12.2. The topological polar surface area (TPSA) is 64.4 Å². The second kappa shape index (κ2) is 6.10. The normalized spacial score (nSPS) is 10.1. The van der Waals surface area contributed by atoms with Crippen molar-refractivity contribution in [3.63, 3.8) is 0 Å². The van der Waals surface area contributed by atoms with E-state index in [-0.39, 0.29) is 5.91 Å². The van der Waals surface area contributed by atoms with Crippen LogP contribution in [-0.2, 0) is 6.42 Å². The quantitative estimate of drug-likeness (QED) is 0.839. The van der Waals surface area contributed by atoms with Gasteiger partial charge in [-0.3, -0.25) is 4.79 Å². The number of methoxy groups -OCH3 is 1. The molecule has 104 valence electrons. The Labute approximate surface area is 118 Å². The molecule has 0 aromatic heterocycles. The van der Waals surface area contributed by atoms with Crippen molar-refractivity contribution in [1.29, 1.82) is 0 Å². The highest BCUT2D eigenvalue weighted by atomic mass is 16.5. The van der Waals surface area contributed by atoms with E-state index in [0.717, 1.165) is 12.1 Å². The molecule has 0 heterocycles. The minimum Gasteiger partial charge on any atom is -0.495 e. The number of aryl methyl sites for hydroxylation is 1. The summed E-state index contributed by atoms with van der Waals surface area (Å²) in [5.74, 6) is 0.316. The van der Waals surface area contributed by atoms with Crippen molar-refractivity contribution < 1.29 is 9.53 Å². The molecule has 0 aliphatic heterocycles. The average Bonchev–Trinajstić information content (AvgIpc) is 2.47. The van der Waals surface area contributed by atoms with Gasteiger partial charge >= 0.3 is 0 Å². The van der Waals surface area contributed by atoms with Crippen LogP contribution in [0.4, 0.5) is 11.4 Å². The Kier molecular flexibility index (Phi) is 4.25. The second-order valence-corrected chi connectivity index (χ2v) is 4.46. The first-order valence-corrected chi connectivity index (χ1v) is 6.48. The SMILES string of the molecule is CCc1cccc(NC(=O)c2ccc(N)c(OC)c2)c1. The summed E-state index contributed by atoms with van der Waals surface area (Å²) in [5, 5.41) is 2.87. The van der Waals surface area contributed by atoms with Crippen LogP contribution in [0.5, 0.6) is 5.75 Å². The molecular formula is C16H18N2O2. The lowest BCUT2D eigenvalue weighted by Crippen LogP contribution is -2.12. The van der Waals surface area contributed by atoms with Crippen molar-refractivity contribution in [2.75, 3.05) is 18.2 Å². The van der Waals surface area contributed by atoms with Crippen LogP contribution in [0.1, 0.15) is 22.8 Å². The molecule has 20 heavy (non-hydrogen) atoms. The molecule has 4 nitrogen and oxygen atoms in total. The number of anilines is 2. The third-order valence-corrected chi connectivity index (χ3v) is 3.09. The fraction of sp³-hybridized carbons (Fsp3) is 0.188. The Morgan fingerprint density at radius 1 is 1.25 bits per heavy atom. The van der Waals surface area contributed by atoms with Crippen molar-refractivity contribution in [1.82, 2.24) is 0 Å². The van der Waals surface area contributed by atoms with Crippen LogP contribution in [0.2, 0.25) is 0 Å². The molecule has 0 bridgehead atoms. The zero-order valence-corrected chi connectivity index (χ0v) is 11.6. The zero-order valence-electron chi connectivity index (χ0n) is 11.6. The van der Waals surface area contributed by atoms with E-state index in [9.17, 15) is 4.79 Å². The van der Waals surface area contributed by atoms with Gasteiger partial charge in [0.25, 0.3) is 5.91 Å². The monoisotopic (exact) mass is 270 g/mol. The number of benzene rings is 2. The molecule has 0 spiro atoms. The largest absolute Gasteiger partial charge is 0.495 e. The van der Waals surface area contributed by atoms with E-state index in [2.05, 4.69) is 12.2 Å². The number of nitrogen functional groups attached to an aromatic ring is 1. The lowest BCUT2D eigenvalue weighted by atomic mass is 10.1. The van der Waals surface area contributed by atoms with Crippen LogP contribution in [0.15, 0.2) is 42.5 Å². The van der Waals surface area contributed by atoms with E-state index < -0.39 is 0 Å². The molecule has 0 atom stereocenters. The van der Waals surface area contributed by atoms with Gasteiger partial charge in [0.15, 0.2) is 0 Å². The van der Waals surface area contributed by atoms with Crippen LogP contribution in [-0.4, -0.2) is 13.0 Å². The van der Waals surface area contributed by atoms with Crippen molar-refractivity contribution in [2.45, 2.75) is 13.3 Å². The number of hydrogen-bond donors (Lipinski definition) is 2. The van der Waals surface area contributed by atoms with Gasteiger partial charge in [0.1, 0.15) is 5.75 Å². The molecule has 2 aromatic rings. The first-order chi connectivity index (χ1) is 9.63. The lowest BCUT2D eigenvalue weighted by Gasteiger charge is -2.09. The van der Waals surface area contributed by atoms with Gasteiger partial charge in [-0.1, -0.05) is 19.1 Å². The Bertz CT molecular complexity index is 624. The highest BCUT2D eigenvalue weighted by Gasteiger charge is 2.09. The summed E-state index contributed by atoms with van der Waals surface area (Å²) in [4.78, 5) is 12.2. The van der Waals surface area contributed by atoms with Gasteiger partial charge in [0.2, 0.25) is 0 Å². The van der Waals surface area contributed by atoms with Gasteiger partial charge < -0.3 is 15.8 Å².